The molecule has 0 bridgehead atoms. The highest BCUT2D eigenvalue weighted by Crippen LogP contribution is 2.28. The average molecular weight is 225 g/mol. The van der Waals surface area contributed by atoms with Gasteiger partial charge in [-0.15, -0.1) is 6.58 Å². The number of hydrogen-bond donors (Lipinski definition) is 1. The molecule has 0 aromatic carbocycles. The quantitative estimate of drug-likeness (QED) is 0.563. The number of rotatable bonds is 4. The Balaban J connectivity index is 3.01. The van der Waals surface area contributed by atoms with E-state index in [4.69, 9.17) is 5.11 Å². The summed E-state index contributed by atoms with van der Waals surface area (Å²) in [5, 5.41) is 8.98. The molecular weight excluding hydrogens is 210 g/mol. The van der Waals surface area contributed by atoms with E-state index in [9.17, 15) is 14.4 Å². The molecule has 3 unspecified atom stereocenters. The van der Waals surface area contributed by atoms with Crippen LogP contribution in [0.4, 0.5) is 0 Å². The predicted octanol–water partition coefficient (Wildman–Crippen LogP) is 0.657. The first kappa shape index (κ1) is 12.4. The SMILES string of the molecule is C=CCC(C(=O)O)N1C(=O)C(C)C(C)C1=O. The van der Waals surface area contributed by atoms with Gasteiger partial charge in [-0.25, -0.2) is 4.79 Å². The number of imide groups is 1. The smallest absolute Gasteiger partial charge is 0.327 e. The lowest BCUT2D eigenvalue weighted by Gasteiger charge is -2.21. The van der Waals surface area contributed by atoms with Crippen LogP contribution in [0, 0.1) is 11.8 Å². The van der Waals surface area contributed by atoms with Gasteiger partial charge in [0.05, 0.1) is 0 Å². The molecule has 1 N–H and O–H groups in total. The Hall–Kier alpha value is -1.65. The molecule has 1 aliphatic heterocycles. The second-order valence-electron chi connectivity index (χ2n) is 4.00. The van der Waals surface area contributed by atoms with Gasteiger partial charge < -0.3 is 5.11 Å². The summed E-state index contributed by atoms with van der Waals surface area (Å²) in [6.45, 7) is 6.70. The van der Waals surface area contributed by atoms with Crippen LogP contribution in [0.25, 0.3) is 0 Å². The maximum Gasteiger partial charge on any atom is 0.327 e. The molecule has 1 aliphatic rings. The van der Waals surface area contributed by atoms with Crippen LogP contribution < -0.4 is 0 Å². The van der Waals surface area contributed by atoms with E-state index in [1.54, 1.807) is 13.8 Å². The van der Waals surface area contributed by atoms with Crippen LogP contribution in [0.2, 0.25) is 0 Å². The van der Waals surface area contributed by atoms with E-state index in [0.29, 0.717) is 0 Å². The zero-order chi connectivity index (χ0) is 12.5. The molecule has 1 saturated heterocycles. The molecule has 2 amide bonds. The third-order valence-electron chi connectivity index (χ3n) is 2.99. The van der Waals surface area contributed by atoms with Crippen molar-refractivity contribution in [3.05, 3.63) is 12.7 Å². The van der Waals surface area contributed by atoms with Crippen molar-refractivity contribution in [2.75, 3.05) is 0 Å². The number of likely N-dealkylation sites (tertiary alicyclic amines) is 1. The second kappa shape index (κ2) is 4.47. The molecule has 1 fully saturated rings. The van der Waals surface area contributed by atoms with Crippen LogP contribution in [0.3, 0.4) is 0 Å². The number of hydrogen-bond acceptors (Lipinski definition) is 3. The van der Waals surface area contributed by atoms with Gasteiger partial charge in [0.1, 0.15) is 6.04 Å². The highest BCUT2D eigenvalue weighted by molar-refractivity contribution is 6.07. The summed E-state index contributed by atoms with van der Waals surface area (Å²) in [7, 11) is 0. The van der Waals surface area contributed by atoms with Gasteiger partial charge in [-0.05, 0) is 6.42 Å². The van der Waals surface area contributed by atoms with Crippen molar-refractivity contribution in [1.29, 1.82) is 0 Å². The van der Waals surface area contributed by atoms with E-state index in [0.717, 1.165) is 4.90 Å². The van der Waals surface area contributed by atoms with E-state index in [2.05, 4.69) is 6.58 Å². The Kier molecular flexibility index (Phi) is 3.47. The fourth-order valence-electron chi connectivity index (χ4n) is 1.76. The zero-order valence-electron chi connectivity index (χ0n) is 9.34. The first-order valence-electron chi connectivity index (χ1n) is 5.12. The van der Waals surface area contributed by atoms with E-state index in [1.165, 1.54) is 6.08 Å². The van der Waals surface area contributed by atoms with Crippen LogP contribution in [0.5, 0.6) is 0 Å². The minimum absolute atomic E-state index is 0.0756. The molecule has 0 aliphatic carbocycles. The van der Waals surface area contributed by atoms with Crippen molar-refractivity contribution >= 4 is 17.8 Å². The molecule has 0 saturated carbocycles. The van der Waals surface area contributed by atoms with Crippen molar-refractivity contribution in [2.24, 2.45) is 11.8 Å². The monoisotopic (exact) mass is 225 g/mol. The summed E-state index contributed by atoms with van der Waals surface area (Å²) in [5.41, 5.74) is 0. The lowest BCUT2D eigenvalue weighted by atomic mass is 10.00. The average Bonchev–Trinajstić information content (AvgIpc) is 2.41. The largest absolute Gasteiger partial charge is 0.480 e. The lowest BCUT2D eigenvalue weighted by Crippen LogP contribution is -2.45. The van der Waals surface area contributed by atoms with Gasteiger partial charge in [0.25, 0.3) is 0 Å². The highest BCUT2D eigenvalue weighted by Gasteiger charge is 2.47. The van der Waals surface area contributed by atoms with Crippen molar-refractivity contribution in [1.82, 2.24) is 4.90 Å². The fourth-order valence-corrected chi connectivity index (χ4v) is 1.76. The third-order valence-corrected chi connectivity index (χ3v) is 2.99. The Labute approximate surface area is 93.7 Å². The molecular formula is C11H15NO4. The summed E-state index contributed by atoms with van der Waals surface area (Å²) in [4.78, 5) is 35.4. The van der Waals surface area contributed by atoms with E-state index in [1.807, 2.05) is 0 Å². The number of carbonyl (C=O) groups excluding carboxylic acids is 2. The minimum Gasteiger partial charge on any atom is -0.480 e. The second-order valence-corrected chi connectivity index (χ2v) is 4.00. The highest BCUT2D eigenvalue weighted by atomic mass is 16.4. The van der Waals surface area contributed by atoms with Crippen molar-refractivity contribution in [3.8, 4) is 0 Å². The maximum absolute atomic E-state index is 11.8. The number of aliphatic carboxylic acids is 1. The lowest BCUT2D eigenvalue weighted by molar-refractivity contribution is -0.154. The number of carboxylic acid groups (broad SMARTS) is 1. The molecule has 3 atom stereocenters. The normalized spacial score (nSPS) is 27.0. The summed E-state index contributed by atoms with van der Waals surface area (Å²) in [6.07, 6.45) is 1.47. The molecule has 1 heterocycles. The molecule has 5 nitrogen and oxygen atoms in total. The molecule has 1 rings (SSSR count). The van der Waals surface area contributed by atoms with Crippen molar-refractivity contribution in [3.63, 3.8) is 0 Å². The molecule has 5 heteroatoms. The van der Waals surface area contributed by atoms with Gasteiger partial charge in [-0.3, -0.25) is 14.5 Å². The first-order valence-corrected chi connectivity index (χ1v) is 5.12. The van der Waals surface area contributed by atoms with Gasteiger partial charge in [0.2, 0.25) is 11.8 Å². The molecule has 0 radical (unpaired) electrons. The zero-order valence-corrected chi connectivity index (χ0v) is 9.34. The topological polar surface area (TPSA) is 74.7 Å². The summed E-state index contributed by atoms with van der Waals surface area (Å²) >= 11 is 0. The third kappa shape index (κ3) is 1.85. The molecule has 88 valence electrons. The van der Waals surface area contributed by atoms with Gasteiger partial charge in [0.15, 0.2) is 0 Å². The van der Waals surface area contributed by atoms with Crippen LogP contribution in [0.15, 0.2) is 12.7 Å². The van der Waals surface area contributed by atoms with Gasteiger partial charge in [-0.2, -0.15) is 0 Å². The van der Waals surface area contributed by atoms with Gasteiger partial charge in [0, 0.05) is 11.8 Å². The summed E-state index contributed by atoms with van der Waals surface area (Å²) in [6, 6.07) is -1.12. The Morgan fingerprint density at radius 1 is 1.44 bits per heavy atom. The number of amides is 2. The van der Waals surface area contributed by atoms with E-state index < -0.39 is 35.7 Å². The predicted molar refractivity (Wildman–Crippen MR) is 56.4 cm³/mol. The first-order chi connectivity index (χ1) is 7.41. The van der Waals surface area contributed by atoms with Crippen molar-refractivity contribution < 1.29 is 19.5 Å². The van der Waals surface area contributed by atoms with Crippen LogP contribution in [-0.2, 0) is 14.4 Å². The molecule has 16 heavy (non-hydrogen) atoms. The van der Waals surface area contributed by atoms with Crippen LogP contribution in [0.1, 0.15) is 20.3 Å². The minimum atomic E-state index is -1.18. The number of carbonyl (C=O) groups is 3. The fraction of sp³-hybridized carbons (Fsp3) is 0.545. The molecule has 0 aromatic rings. The van der Waals surface area contributed by atoms with Crippen LogP contribution in [-0.4, -0.2) is 33.8 Å². The Bertz CT molecular complexity index is 330. The standard InChI is InChI=1S/C11H15NO4/c1-4-5-8(11(15)16)12-9(13)6(2)7(3)10(12)14/h4,6-8H,1,5H2,2-3H3,(H,15,16). The Morgan fingerprint density at radius 2 is 1.88 bits per heavy atom. The summed E-state index contributed by atoms with van der Waals surface area (Å²) < 4.78 is 0. The van der Waals surface area contributed by atoms with Crippen molar-refractivity contribution in [2.45, 2.75) is 26.3 Å². The summed E-state index contributed by atoms with van der Waals surface area (Å²) in [5.74, 6) is -2.89. The van der Waals surface area contributed by atoms with E-state index >= 15 is 0 Å². The van der Waals surface area contributed by atoms with Gasteiger partial charge >= 0.3 is 5.97 Å². The number of nitrogens with zero attached hydrogens (tertiary/aromatic N) is 1. The Morgan fingerprint density at radius 3 is 2.19 bits per heavy atom. The molecule has 0 spiro atoms. The van der Waals surface area contributed by atoms with Crippen LogP contribution >= 0.6 is 0 Å². The molecule has 0 aromatic heterocycles. The maximum atomic E-state index is 11.8. The van der Waals surface area contributed by atoms with E-state index in [-0.39, 0.29) is 6.42 Å². The van der Waals surface area contributed by atoms with Gasteiger partial charge in [-0.1, -0.05) is 19.9 Å². The number of carboxylic acids is 1.